The highest BCUT2D eigenvalue weighted by Crippen LogP contribution is 2.20. The van der Waals surface area contributed by atoms with Crippen LogP contribution in [0.2, 0.25) is 0 Å². The molecule has 2 N–H and O–H groups in total. The highest BCUT2D eigenvalue weighted by atomic mass is 19.1. The summed E-state index contributed by atoms with van der Waals surface area (Å²) >= 11 is 0. The summed E-state index contributed by atoms with van der Waals surface area (Å²) in [6.45, 7) is 4.92. The minimum Gasteiger partial charge on any atom is -0.369 e. The fraction of sp³-hybridized carbons (Fsp3) is 0.300. The molecule has 0 saturated carbocycles. The summed E-state index contributed by atoms with van der Waals surface area (Å²) in [4.78, 5) is 10.8. The first-order valence-corrected chi connectivity index (χ1v) is 8.98. The number of anilines is 2. The van der Waals surface area contributed by atoms with Crippen molar-refractivity contribution in [2.75, 3.05) is 42.9 Å². The summed E-state index contributed by atoms with van der Waals surface area (Å²) in [5.74, 6) is 0.394. The molecule has 2 heterocycles. The maximum absolute atomic E-state index is 13.5. The van der Waals surface area contributed by atoms with Crippen molar-refractivity contribution < 1.29 is 4.39 Å². The number of nitrogens with zero attached hydrogens (tertiary/aromatic N) is 3. The average molecular weight is 351 g/mol. The molecule has 1 aromatic heterocycles. The predicted octanol–water partition coefficient (Wildman–Crippen LogP) is 2.83. The number of benzene rings is 2. The molecule has 6 heteroatoms. The van der Waals surface area contributed by atoms with Gasteiger partial charge in [0.1, 0.15) is 18.0 Å². The second-order valence-electron chi connectivity index (χ2n) is 6.46. The summed E-state index contributed by atoms with van der Waals surface area (Å²) in [6.07, 6.45) is 2.38. The van der Waals surface area contributed by atoms with Crippen LogP contribution in [0.15, 0.2) is 48.8 Å². The number of nitrogens with one attached hydrogen (secondary N) is 2. The Morgan fingerprint density at radius 3 is 2.65 bits per heavy atom. The fourth-order valence-corrected chi connectivity index (χ4v) is 3.29. The number of fused-ring (bicyclic) bond motifs is 1. The minimum atomic E-state index is -0.279. The Hall–Kier alpha value is -2.73. The number of hydrogen-bond donors (Lipinski definition) is 2. The third-order valence-electron chi connectivity index (χ3n) is 4.72. The van der Waals surface area contributed by atoms with Gasteiger partial charge in [0.2, 0.25) is 0 Å². The lowest BCUT2D eigenvalue weighted by Gasteiger charge is -2.29. The Morgan fingerprint density at radius 2 is 1.85 bits per heavy atom. The van der Waals surface area contributed by atoms with E-state index < -0.39 is 0 Å². The van der Waals surface area contributed by atoms with E-state index in [4.69, 9.17) is 0 Å². The lowest BCUT2D eigenvalue weighted by atomic mass is 10.1. The van der Waals surface area contributed by atoms with Crippen LogP contribution in [0.1, 0.15) is 5.56 Å². The zero-order valence-electron chi connectivity index (χ0n) is 14.6. The van der Waals surface area contributed by atoms with Crippen LogP contribution in [0.25, 0.3) is 10.9 Å². The minimum absolute atomic E-state index is 0.279. The molecular formula is C20H22FN5. The second-order valence-corrected chi connectivity index (χ2v) is 6.46. The molecule has 5 nitrogen and oxygen atoms in total. The quantitative estimate of drug-likeness (QED) is 0.740. The van der Waals surface area contributed by atoms with Gasteiger partial charge >= 0.3 is 0 Å². The van der Waals surface area contributed by atoms with E-state index in [0.29, 0.717) is 11.2 Å². The molecule has 0 bridgehead atoms. The van der Waals surface area contributed by atoms with E-state index in [1.54, 1.807) is 6.07 Å². The van der Waals surface area contributed by atoms with E-state index in [1.165, 1.54) is 29.7 Å². The third-order valence-corrected chi connectivity index (χ3v) is 4.72. The van der Waals surface area contributed by atoms with E-state index in [0.717, 1.165) is 44.7 Å². The van der Waals surface area contributed by atoms with E-state index in [2.05, 4.69) is 49.8 Å². The maximum Gasteiger partial charge on any atom is 0.137 e. The monoisotopic (exact) mass is 351 g/mol. The van der Waals surface area contributed by atoms with Crippen LogP contribution in [0, 0.1) is 5.82 Å². The van der Waals surface area contributed by atoms with Crippen molar-refractivity contribution in [1.29, 1.82) is 0 Å². The summed E-state index contributed by atoms with van der Waals surface area (Å²) < 4.78 is 13.5. The van der Waals surface area contributed by atoms with Gasteiger partial charge in [-0.15, -0.1) is 0 Å². The van der Waals surface area contributed by atoms with Crippen molar-refractivity contribution in [2.24, 2.45) is 0 Å². The first-order chi connectivity index (χ1) is 12.8. The number of aromatic nitrogens is 2. The Labute approximate surface area is 152 Å². The van der Waals surface area contributed by atoms with Crippen LogP contribution >= 0.6 is 0 Å². The van der Waals surface area contributed by atoms with Crippen LogP contribution in [0.3, 0.4) is 0 Å². The lowest BCUT2D eigenvalue weighted by Crippen LogP contribution is -2.43. The number of hydrogen-bond acceptors (Lipinski definition) is 5. The Morgan fingerprint density at radius 1 is 1.04 bits per heavy atom. The maximum atomic E-state index is 13.5. The molecule has 0 radical (unpaired) electrons. The van der Waals surface area contributed by atoms with E-state index >= 15 is 0 Å². The summed E-state index contributed by atoms with van der Waals surface area (Å²) in [7, 11) is 0. The lowest BCUT2D eigenvalue weighted by molar-refractivity contribution is 0.589. The molecule has 1 aliphatic heterocycles. The number of halogens is 1. The van der Waals surface area contributed by atoms with Crippen molar-refractivity contribution in [3.05, 3.63) is 60.2 Å². The Balaban J connectivity index is 1.38. The summed E-state index contributed by atoms with van der Waals surface area (Å²) in [5.41, 5.74) is 3.28. The Kier molecular flexibility index (Phi) is 4.93. The van der Waals surface area contributed by atoms with E-state index in [9.17, 15) is 4.39 Å². The van der Waals surface area contributed by atoms with Crippen molar-refractivity contribution in [3.8, 4) is 0 Å². The van der Waals surface area contributed by atoms with Crippen molar-refractivity contribution in [3.63, 3.8) is 0 Å². The first kappa shape index (κ1) is 16.7. The molecule has 3 aromatic rings. The van der Waals surface area contributed by atoms with E-state index in [-0.39, 0.29) is 5.82 Å². The normalized spacial score (nSPS) is 14.6. The molecule has 0 aliphatic carbocycles. The topological polar surface area (TPSA) is 53.1 Å². The van der Waals surface area contributed by atoms with Crippen LogP contribution in [0.4, 0.5) is 15.9 Å². The highest BCUT2D eigenvalue weighted by Gasteiger charge is 2.10. The molecule has 0 atom stereocenters. The molecule has 1 saturated heterocycles. The molecule has 0 amide bonds. The van der Waals surface area contributed by atoms with Crippen molar-refractivity contribution >= 4 is 22.4 Å². The van der Waals surface area contributed by atoms with Crippen LogP contribution < -0.4 is 15.5 Å². The third kappa shape index (κ3) is 3.75. The van der Waals surface area contributed by atoms with Crippen LogP contribution in [-0.4, -0.2) is 42.7 Å². The summed E-state index contributed by atoms with van der Waals surface area (Å²) in [6, 6.07) is 13.3. The van der Waals surface area contributed by atoms with Gasteiger partial charge in [-0.1, -0.05) is 12.1 Å². The van der Waals surface area contributed by atoms with Crippen molar-refractivity contribution in [1.82, 2.24) is 15.3 Å². The summed E-state index contributed by atoms with van der Waals surface area (Å²) in [5, 5.41) is 7.39. The van der Waals surface area contributed by atoms with Gasteiger partial charge in [0, 0.05) is 43.8 Å². The first-order valence-electron chi connectivity index (χ1n) is 8.98. The van der Waals surface area contributed by atoms with Gasteiger partial charge in [-0.3, -0.25) is 0 Å². The van der Waals surface area contributed by atoms with Gasteiger partial charge in [-0.05, 0) is 42.3 Å². The zero-order valence-corrected chi connectivity index (χ0v) is 14.6. The smallest absolute Gasteiger partial charge is 0.137 e. The van der Waals surface area contributed by atoms with Crippen LogP contribution in [0.5, 0.6) is 0 Å². The molecule has 1 fully saturated rings. The molecule has 4 rings (SSSR count). The molecular weight excluding hydrogens is 329 g/mol. The van der Waals surface area contributed by atoms with Crippen LogP contribution in [-0.2, 0) is 6.42 Å². The molecule has 1 aliphatic rings. The Bertz CT molecular complexity index is 875. The van der Waals surface area contributed by atoms with Crippen molar-refractivity contribution in [2.45, 2.75) is 6.42 Å². The van der Waals surface area contributed by atoms with Gasteiger partial charge < -0.3 is 15.5 Å². The predicted molar refractivity (Wildman–Crippen MR) is 103 cm³/mol. The molecule has 0 spiro atoms. The highest BCUT2D eigenvalue weighted by molar-refractivity contribution is 5.88. The molecule has 0 unspecified atom stereocenters. The van der Waals surface area contributed by atoms with Gasteiger partial charge in [0.05, 0.1) is 5.52 Å². The van der Waals surface area contributed by atoms with Gasteiger partial charge in [-0.25, -0.2) is 14.4 Å². The fourth-order valence-electron chi connectivity index (χ4n) is 3.29. The molecule has 134 valence electrons. The standard InChI is InChI=1S/C20H22FN5/c21-16-3-6-19-18(13-16)20(25-14-24-19)23-8-7-15-1-4-17(5-2-15)26-11-9-22-10-12-26/h1-6,13-14,22H,7-12H2,(H,23,24,25). The van der Waals surface area contributed by atoms with E-state index in [1.807, 2.05) is 0 Å². The molecule has 26 heavy (non-hydrogen) atoms. The number of piperazine rings is 1. The average Bonchev–Trinajstić information content (AvgIpc) is 2.69. The SMILES string of the molecule is Fc1ccc2ncnc(NCCc3ccc(N4CCNCC4)cc3)c2c1. The largest absolute Gasteiger partial charge is 0.369 e. The number of rotatable bonds is 5. The second kappa shape index (κ2) is 7.66. The zero-order chi connectivity index (χ0) is 17.8. The van der Waals surface area contributed by atoms with Gasteiger partial charge in [0.15, 0.2) is 0 Å². The molecule has 2 aromatic carbocycles. The van der Waals surface area contributed by atoms with Gasteiger partial charge in [-0.2, -0.15) is 0 Å². The van der Waals surface area contributed by atoms with Gasteiger partial charge in [0.25, 0.3) is 0 Å².